The maximum absolute atomic E-state index is 13.8. The molecule has 0 saturated heterocycles. The first-order valence-corrected chi connectivity index (χ1v) is 6.37. The Bertz CT molecular complexity index is 617. The predicted molar refractivity (Wildman–Crippen MR) is 76.3 cm³/mol. The molecule has 5 heteroatoms. The molecule has 2 rings (SSSR count). The second kappa shape index (κ2) is 5.48. The highest BCUT2D eigenvalue weighted by Crippen LogP contribution is 2.33. The summed E-state index contributed by atoms with van der Waals surface area (Å²) < 4.78 is 25.3. The van der Waals surface area contributed by atoms with Crippen LogP contribution in [-0.2, 0) is 0 Å². The number of aryl methyl sites for hydroxylation is 1. The Labute approximate surface area is 119 Å². The Kier molecular flexibility index (Phi) is 3.95. The molecule has 0 heterocycles. The van der Waals surface area contributed by atoms with Crippen molar-refractivity contribution in [3.05, 3.63) is 46.2 Å². The molecule has 0 spiro atoms. The normalized spacial score (nSPS) is 10.3. The SMILES string of the molecule is COc1cc(Oc2ccc(Br)c(C)c2)c(F)cc1N. The van der Waals surface area contributed by atoms with Gasteiger partial charge >= 0.3 is 0 Å². The third-order valence-electron chi connectivity index (χ3n) is 2.64. The number of hydrogen-bond acceptors (Lipinski definition) is 3. The van der Waals surface area contributed by atoms with Crippen LogP contribution in [0.5, 0.6) is 17.2 Å². The van der Waals surface area contributed by atoms with Gasteiger partial charge in [0.05, 0.1) is 12.8 Å². The van der Waals surface area contributed by atoms with Crippen molar-refractivity contribution < 1.29 is 13.9 Å². The molecule has 100 valence electrons. The summed E-state index contributed by atoms with van der Waals surface area (Å²) in [5.41, 5.74) is 6.85. The van der Waals surface area contributed by atoms with Crippen LogP contribution >= 0.6 is 15.9 Å². The monoisotopic (exact) mass is 325 g/mol. The first-order valence-electron chi connectivity index (χ1n) is 5.58. The number of nitrogens with two attached hydrogens (primary N) is 1. The summed E-state index contributed by atoms with van der Waals surface area (Å²) in [6, 6.07) is 8.02. The quantitative estimate of drug-likeness (QED) is 0.856. The number of halogens is 2. The van der Waals surface area contributed by atoms with E-state index in [1.807, 2.05) is 19.1 Å². The van der Waals surface area contributed by atoms with E-state index in [4.69, 9.17) is 15.2 Å². The van der Waals surface area contributed by atoms with Crippen molar-refractivity contribution in [1.29, 1.82) is 0 Å². The number of nitrogen functional groups attached to an aromatic ring is 1. The van der Waals surface area contributed by atoms with Gasteiger partial charge in [-0.3, -0.25) is 0 Å². The summed E-state index contributed by atoms with van der Waals surface area (Å²) in [7, 11) is 1.47. The van der Waals surface area contributed by atoms with Gasteiger partial charge in [-0.25, -0.2) is 4.39 Å². The third-order valence-corrected chi connectivity index (χ3v) is 3.53. The highest BCUT2D eigenvalue weighted by Gasteiger charge is 2.11. The lowest BCUT2D eigenvalue weighted by atomic mass is 10.2. The minimum atomic E-state index is -0.529. The van der Waals surface area contributed by atoms with Crippen molar-refractivity contribution in [2.45, 2.75) is 6.92 Å². The van der Waals surface area contributed by atoms with Crippen molar-refractivity contribution in [3.8, 4) is 17.2 Å². The van der Waals surface area contributed by atoms with Crippen LogP contribution < -0.4 is 15.2 Å². The molecule has 0 aliphatic rings. The fourth-order valence-corrected chi connectivity index (χ4v) is 1.86. The van der Waals surface area contributed by atoms with E-state index in [-0.39, 0.29) is 11.4 Å². The molecule has 0 atom stereocenters. The highest BCUT2D eigenvalue weighted by molar-refractivity contribution is 9.10. The van der Waals surface area contributed by atoms with Gasteiger partial charge in [-0.1, -0.05) is 15.9 Å². The first-order chi connectivity index (χ1) is 9.01. The van der Waals surface area contributed by atoms with E-state index < -0.39 is 5.82 Å². The van der Waals surface area contributed by atoms with Crippen LogP contribution in [0, 0.1) is 12.7 Å². The maximum atomic E-state index is 13.8. The molecule has 2 aromatic rings. The van der Waals surface area contributed by atoms with E-state index in [0.29, 0.717) is 11.5 Å². The highest BCUT2D eigenvalue weighted by atomic mass is 79.9. The van der Waals surface area contributed by atoms with Crippen molar-refractivity contribution in [2.24, 2.45) is 0 Å². The molecule has 2 N–H and O–H groups in total. The summed E-state index contributed by atoms with van der Waals surface area (Å²) in [6.45, 7) is 1.93. The van der Waals surface area contributed by atoms with Gasteiger partial charge in [0, 0.05) is 16.6 Å². The minimum Gasteiger partial charge on any atom is -0.494 e. The minimum absolute atomic E-state index is 0.0766. The molecule has 0 fully saturated rings. The van der Waals surface area contributed by atoms with E-state index in [0.717, 1.165) is 10.0 Å². The standard InChI is InChI=1S/C14H13BrFNO2/c1-8-5-9(3-4-10(8)15)19-13-7-14(18-2)12(17)6-11(13)16/h3-7H,17H2,1-2H3. The zero-order valence-corrected chi connectivity index (χ0v) is 12.1. The molecule has 0 unspecified atom stereocenters. The summed E-state index contributed by atoms with van der Waals surface area (Å²) in [6.07, 6.45) is 0. The second-order valence-corrected chi connectivity index (χ2v) is 4.89. The van der Waals surface area contributed by atoms with E-state index in [2.05, 4.69) is 15.9 Å². The molecule has 0 amide bonds. The van der Waals surface area contributed by atoms with Gasteiger partial charge < -0.3 is 15.2 Å². The van der Waals surface area contributed by atoms with Crippen LogP contribution in [0.15, 0.2) is 34.8 Å². The van der Waals surface area contributed by atoms with Crippen LogP contribution in [0.2, 0.25) is 0 Å². The number of benzene rings is 2. The van der Waals surface area contributed by atoms with E-state index in [9.17, 15) is 4.39 Å². The van der Waals surface area contributed by atoms with Crippen molar-refractivity contribution in [2.75, 3.05) is 12.8 Å². The molecule has 2 aromatic carbocycles. The maximum Gasteiger partial charge on any atom is 0.168 e. The molecule has 0 aromatic heterocycles. The van der Waals surface area contributed by atoms with E-state index >= 15 is 0 Å². The van der Waals surface area contributed by atoms with E-state index in [1.54, 1.807) is 6.07 Å². The first kappa shape index (κ1) is 13.7. The predicted octanol–water partition coefficient (Wildman–Crippen LogP) is 4.28. The third kappa shape index (κ3) is 2.98. The van der Waals surface area contributed by atoms with Gasteiger partial charge in [-0.2, -0.15) is 0 Å². The fraction of sp³-hybridized carbons (Fsp3) is 0.143. The summed E-state index contributed by atoms with van der Waals surface area (Å²) >= 11 is 3.40. The van der Waals surface area contributed by atoms with Gasteiger partial charge in [-0.05, 0) is 30.7 Å². The molecule has 0 bridgehead atoms. The van der Waals surface area contributed by atoms with Crippen LogP contribution in [0.1, 0.15) is 5.56 Å². The zero-order chi connectivity index (χ0) is 14.0. The summed E-state index contributed by atoms with van der Waals surface area (Å²) in [5, 5.41) is 0. The van der Waals surface area contributed by atoms with Gasteiger partial charge in [-0.15, -0.1) is 0 Å². The number of anilines is 1. The van der Waals surface area contributed by atoms with Crippen LogP contribution in [0.3, 0.4) is 0 Å². The number of methoxy groups -OCH3 is 1. The van der Waals surface area contributed by atoms with Gasteiger partial charge in [0.2, 0.25) is 0 Å². The van der Waals surface area contributed by atoms with Crippen LogP contribution in [0.4, 0.5) is 10.1 Å². The lowest BCUT2D eigenvalue weighted by molar-refractivity contribution is 0.403. The second-order valence-electron chi connectivity index (χ2n) is 4.04. The number of hydrogen-bond donors (Lipinski definition) is 1. The largest absolute Gasteiger partial charge is 0.494 e. The Morgan fingerprint density at radius 3 is 2.53 bits per heavy atom. The van der Waals surface area contributed by atoms with Gasteiger partial charge in [0.1, 0.15) is 11.5 Å². The fourth-order valence-electron chi connectivity index (χ4n) is 1.61. The number of ether oxygens (including phenoxy) is 2. The molecular formula is C14H13BrFNO2. The average molecular weight is 326 g/mol. The Balaban J connectivity index is 2.34. The number of rotatable bonds is 3. The van der Waals surface area contributed by atoms with Crippen molar-refractivity contribution >= 4 is 21.6 Å². The Hall–Kier alpha value is -1.75. The molecule has 0 saturated carbocycles. The molecule has 0 aliphatic heterocycles. The van der Waals surface area contributed by atoms with Crippen LogP contribution in [-0.4, -0.2) is 7.11 Å². The Morgan fingerprint density at radius 1 is 1.16 bits per heavy atom. The summed E-state index contributed by atoms with van der Waals surface area (Å²) in [4.78, 5) is 0. The molecule has 3 nitrogen and oxygen atoms in total. The zero-order valence-electron chi connectivity index (χ0n) is 10.5. The average Bonchev–Trinajstić information content (AvgIpc) is 2.37. The summed E-state index contributed by atoms with van der Waals surface area (Å²) in [5.74, 6) is 0.475. The Morgan fingerprint density at radius 2 is 1.89 bits per heavy atom. The van der Waals surface area contributed by atoms with E-state index in [1.165, 1.54) is 19.2 Å². The van der Waals surface area contributed by atoms with Gasteiger partial charge in [0.25, 0.3) is 0 Å². The van der Waals surface area contributed by atoms with Crippen molar-refractivity contribution in [1.82, 2.24) is 0 Å². The molecular weight excluding hydrogens is 313 g/mol. The molecule has 19 heavy (non-hydrogen) atoms. The topological polar surface area (TPSA) is 44.5 Å². The molecule has 0 radical (unpaired) electrons. The van der Waals surface area contributed by atoms with Gasteiger partial charge in [0.15, 0.2) is 11.6 Å². The smallest absolute Gasteiger partial charge is 0.168 e. The lowest BCUT2D eigenvalue weighted by Gasteiger charge is -2.11. The molecule has 0 aliphatic carbocycles. The van der Waals surface area contributed by atoms with Crippen molar-refractivity contribution in [3.63, 3.8) is 0 Å². The van der Waals surface area contributed by atoms with Crippen LogP contribution in [0.25, 0.3) is 0 Å². The lowest BCUT2D eigenvalue weighted by Crippen LogP contribution is -1.96.